The summed E-state index contributed by atoms with van der Waals surface area (Å²) < 4.78 is 0. The van der Waals surface area contributed by atoms with Gasteiger partial charge in [-0.15, -0.1) is 0 Å². The molecule has 2 N–H and O–H groups in total. The third-order valence-electron chi connectivity index (χ3n) is 2.43. The SMILES string of the molecule is NC(=O)N(c1ccccc1)N1C(=O)CCC1=O. The molecule has 1 saturated heterocycles. The van der Waals surface area contributed by atoms with Crippen LogP contribution in [0.5, 0.6) is 0 Å². The third-order valence-corrected chi connectivity index (χ3v) is 2.43. The van der Waals surface area contributed by atoms with Gasteiger partial charge in [-0.3, -0.25) is 9.59 Å². The van der Waals surface area contributed by atoms with Gasteiger partial charge in [-0.05, 0) is 12.1 Å². The van der Waals surface area contributed by atoms with E-state index in [0.717, 1.165) is 10.0 Å². The Morgan fingerprint density at radius 3 is 2.12 bits per heavy atom. The minimum absolute atomic E-state index is 0.107. The molecule has 0 radical (unpaired) electrons. The summed E-state index contributed by atoms with van der Waals surface area (Å²) in [7, 11) is 0. The molecule has 0 aliphatic carbocycles. The highest BCUT2D eigenvalue weighted by Crippen LogP contribution is 2.21. The van der Waals surface area contributed by atoms with Crippen molar-refractivity contribution >= 4 is 23.5 Å². The van der Waals surface area contributed by atoms with Crippen molar-refractivity contribution < 1.29 is 14.4 Å². The molecule has 0 saturated carbocycles. The number of urea groups is 1. The van der Waals surface area contributed by atoms with E-state index in [9.17, 15) is 14.4 Å². The van der Waals surface area contributed by atoms with Crippen LogP contribution in [0, 0.1) is 0 Å². The van der Waals surface area contributed by atoms with Gasteiger partial charge in [0.15, 0.2) is 0 Å². The van der Waals surface area contributed by atoms with Crippen LogP contribution in [0.4, 0.5) is 10.5 Å². The lowest BCUT2D eigenvalue weighted by molar-refractivity contribution is -0.138. The van der Waals surface area contributed by atoms with Crippen molar-refractivity contribution in [2.75, 3.05) is 5.01 Å². The van der Waals surface area contributed by atoms with Crippen molar-refractivity contribution in [3.05, 3.63) is 30.3 Å². The highest BCUT2D eigenvalue weighted by atomic mass is 16.2. The minimum atomic E-state index is -0.861. The maximum Gasteiger partial charge on any atom is 0.338 e. The summed E-state index contributed by atoms with van der Waals surface area (Å²) in [5.74, 6) is -0.838. The molecule has 1 aromatic rings. The van der Waals surface area contributed by atoms with E-state index < -0.39 is 17.8 Å². The molecule has 1 heterocycles. The molecule has 6 nitrogen and oxygen atoms in total. The Hall–Kier alpha value is -2.37. The number of hydrogen-bond donors (Lipinski definition) is 1. The predicted molar refractivity (Wildman–Crippen MR) is 59.6 cm³/mol. The number of primary amides is 1. The molecule has 0 spiro atoms. The number of amides is 4. The number of anilines is 1. The lowest BCUT2D eigenvalue weighted by Crippen LogP contribution is -2.52. The molecule has 88 valence electrons. The number of imide groups is 1. The van der Waals surface area contributed by atoms with Gasteiger partial charge in [0, 0.05) is 12.8 Å². The molecular formula is C11H11N3O3. The molecular weight excluding hydrogens is 222 g/mol. The number of rotatable bonds is 2. The van der Waals surface area contributed by atoms with Crippen LogP contribution in [0.3, 0.4) is 0 Å². The van der Waals surface area contributed by atoms with Crippen molar-refractivity contribution in [1.82, 2.24) is 5.01 Å². The number of carbonyl (C=O) groups is 3. The van der Waals surface area contributed by atoms with Gasteiger partial charge < -0.3 is 5.73 Å². The fourth-order valence-corrected chi connectivity index (χ4v) is 1.70. The summed E-state index contributed by atoms with van der Waals surface area (Å²) in [5, 5.41) is 1.70. The summed E-state index contributed by atoms with van der Waals surface area (Å²) in [6.45, 7) is 0. The lowest BCUT2D eigenvalue weighted by atomic mass is 10.3. The number of hydrazine groups is 1. The first-order valence-corrected chi connectivity index (χ1v) is 5.11. The molecule has 0 aromatic heterocycles. The van der Waals surface area contributed by atoms with Crippen molar-refractivity contribution in [3.8, 4) is 0 Å². The van der Waals surface area contributed by atoms with E-state index >= 15 is 0 Å². The Balaban J connectivity index is 2.40. The summed E-state index contributed by atoms with van der Waals surface area (Å²) in [5.41, 5.74) is 5.61. The smallest absolute Gasteiger partial charge is 0.338 e. The summed E-state index contributed by atoms with van der Waals surface area (Å²) in [4.78, 5) is 34.5. The Kier molecular flexibility index (Phi) is 2.78. The van der Waals surface area contributed by atoms with E-state index in [4.69, 9.17) is 5.73 Å². The van der Waals surface area contributed by atoms with Gasteiger partial charge >= 0.3 is 6.03 Å². The van der Waals surface area contributed by atoms with Crippen LogP contribution in [0.25, 0.3) is 0 Å². The molecule has 4 amide bonds. The number of benzene rings is 1. The zero-order valence-corrected chi connectivity index (χ0v) is 9.00. The average molecular weight is 233 g/mol. The Bertz CT molecular complexity index is 456. The largest absolute Gasteiger partial charge is 0.350 e. The zero-order valence-electron chi connectivity index (χ0n) is 9.00. The number of carbonyl (C=O) groups excluding carboxylic acids is 3. The predicted octanol–water partition coefficient (Wildman–Crippen LogP) is 0.636. The maximum absolute atomic E-state index is 11.6. The summed E-state index contributed by atoms with van der Waals surface area (Å²) in [6, 6.07) is 7.48. The summed E-state index contributed by atoms with van der Waals surface area (Å²) >= 11 is 0. The molecule has 0 unspecified atom stereocenters. The maximum atomic E-state index is 11.6. The molecule has 17 heavy (non-hydrogen) atoms. The summed E-state index contributed by atoms with van der Waals surface area (Å²) in [6.07, 6.45) is 0.213. The molecule has 1 aliphatic rings. The topological polar surface area (TPSA) is 83.7 Å². The Labute approximate surface area is 97.6 Å². The fourth-order valence-electron chi connectivity index (χ4n) is 1.70. The molecule has 1 fully saturated rings. The number of nitrogens with two attached hydrogens (primary N) is 1. The van der Waals surface area contributed by atoms with Crippen molar-refractivity contribution in [1.29, 1.82) is 0 Å². The first-order chi connectivity index (χ1) is 8.11. The normalized spacial score (nSPS) is 15.2. The van der Waals surface area contributed by atoms with Crippen molar-refractivity contribution in [2.24, 2.45) is 5.73 Å². The molecule has 1 aliphatic heterocycles. The van der Waals surface area contributed by atoms with Crippen molar-refractivity contribution in [2.45, 2.75) is 12.8 Å². The van der Waals surface area contributed by atoms with Crippen LogP contribution < -0.4 is 10.7 Å². The van der Waals surface area contributed by atoms with Gasteiger partial charge in [-0.1, -0.05) is 18.2 Å². The lowest BCUT2D eigenvalue weighted by Gasteiger charge is -2.27. The highest BCUT2D eigenvalue weighted by Gasteiger charge is 2.36. The average Bonchev–Trinajstić information content (AvgIpc) is 2.62. The monoisotopic (exact) mass is 233 g/mol. The molecule has 2 rings (SSSR count). The first-order valence-electron chi connectivity index (χ1n) is 5.11. The van der Waals surface area contributed by atoms with E-state index in [0.29, 0.717) is 5.69 Å². The van der Waals surface area contributed by atoms with Crippen LogP contribution in [0.1, 0.15) is 12.8 Å². The van der Waals surface area contributed by atoms with Crippen LogP contribution in [-0.4, -0.2) is 22.9 Å². The molecule has 0 atom stereocenters. The highest BCUT2D eigenvalue weighted by molar-refractivity contribution is 6.08. The second-order valence-corrected chi connectivity index (χ2v) is 3.58. The quantitative estimate of drug-likeness (QED) is 0.760. The molecule has 0 bridgehead atoms. The van der Waals surface area contributed by atoms with Gasteiger partial charge in [0.25, 0.3) is 0 Å². The van der Waals surface area contributed by atoms with Crippen LogP contribution in [0.15, 0.2) is 30.3 Å². The van der Waals surface area contributed by atoms with E-state index in [1.807, 2.05) is 0 Å². The zero-order chi connectivity index (χ0) is 12.4. The second kappa shape index (κ2) is 4.25. The van der Waals surface area contributed by atoms with Gasteiger partial charge in [-0.25, -0.2) is 4.79 Å². The Morgan fingerprint density at radius 2 is 1.65 bits per heavy atom. The van der Waals surface area contributed by atoms with Gasteiger partial charge in [-0.2, -0.15) is 10.0 Å². The van der Waals surface area contributed by atoms with Crippen LogP contribution in [0.2, 0.25) is 0 Å². The standard InChI is InChI=1S/C11H11N3O3/c12-11(17)13(8-4-2-1-3-5-8)14-9(15)6-7-10(14)16/h1-5H,6-7H2,(H2,12,17). The van der Waals surface area contributed by atoms with Gasteiger partial charge in [0.1, 0.15) is 0 Å². The number of para-hydroxylation sites is 1. The van der Waals surface area contributed by atoms with E-state index in [1.54, 1.807) is 30.3 Å². The van der Waals surface area contributed by atoms with Gasteiger partial charge in [0.05, 0.1) is 5.69 Å². The number of hydrogen-bond acceptors (Lipinski definition) is 3. The van der Waals surface area contributed by atoms with Gasteiger partial charge in [0.2, 0.25) is 11.8 Å². The van der Waals surface area contributed by atoms with E-state index in [1.165, 1.54) is 0 Å². The Morgan fingerprint density at radius 1 is 1.12 bits per heavy atom. The first kappa shape index (κ1) is 11.1. The second-order valence-electron chi connectivity index (χ2n) is 3.58. The third kappa shape index (κ3) is 1.96. The fraction of sp³-hybridized carbons (Fsp3) is 0.182. The number of nitrogens with zero attached hydrogens (tertiary/aromatic N) is 2. The van der Waals surface area contributed by atoms with Crippen LogP contribution in [-0.2, 0) is 9.59 Å². The van der Waals surface area contributed by atoms with E-state index in [2.05, 4.69) is 0 Å². The van der Waals surface area contributed by atoms with Crippen LogP contribution >= 0.6 is 0 Å². The minimum Gasteiger partial charge on any atom is -0.350 e. The van der Waals surface area contributed by atoms with E-state index in [-0.39, 0.29) is 12.8 Å². The molecule has 1 aromatic carbocycles. The molecule has 6 heteroatoms. The van der Waals surface area contributed by atoms with Crippen molar-refractivity contribution in [3.63, 3.8) is 0 Å².